The van der Waals surface area contributed by atoms with E-state index in [1.807, 2.05) is 12.3 Å². The average molecular weight is 282 g/mol. The third-order valence-corrected chi connectivity index (χ3v) is 2.87. The van der Waals surface area contributed by atoms with Crippen molar-refractivity contribution >= 4 is 35.4 Å². The highest BCUT2D eigenvalue weighted by molar-refractivity contribution is 7.98. The summed E-state index contributed by atoms with van der Waals surface area (Å²) in [5.74, 6) is -1.70. The molecule has 0 aliphatic carbocycles. The summed E-state index contributed by atoms with van der Waals surface area (Å²) >= 11 is 1.53. The number of aliphatic carboxylic acids is 1. The van der Waals surface area contributed by atoms with Gasteiger partial charge in [0, 0.05) is 17.0 Å². The van der Waals surface area contributed by atoms with Gasteiger partial charge in [-0.15, -0.1) is 11.8 Å². The van der Waals surface area contributed by atoms with E-state index < -0.39 is 17.9 Å². The highest BCUT2D eigenvalue weighted by Gasteiger charge is 2.09. The maximum atomic E-state index is 11.5. The predicted octanol–water partition coefficient (Wildman–Crippen LogP) is 1.92. The summed E-state index contributed by atoms with van der Waals surface area (Å²) in [5, 5.41) is 13.0. The molecule has 6 nitrogen and oxygen atoms in total. The Kier molecular flexibility index (Phi) is 5.87. The molecule has 1 aromatic rings. The van der Waals surface area contributed by atoms with Crippen LogP contribution in [0, 0.1) is 0 Å². The van der Waals surface area contributed by atoms with E-state index in [2.05, 4.69) is 10.6 Å². The molecule has 3 N–H and O–H groups in total. The van der Waals surface area contributed by atoms with Crippen LogP contribution in [-0.2, 0) is 9.59 Å². The van der Waals surface area contributed by atoms with Gasteiger partial charge in [-0.2, -0.15) is 0 Å². The van der Waals surface area contributed by atoms with E-state index in [9.17, 15) is 14.4 Å². The molecule has 0 aliphatic rings. The molecule has 1 rings (SSSR count). The number of carbonyl (C=O) groups excluding carboxylic acids is 2. The summed E-state index contributed by atoms with van der Waals surface area (Å²) in [5.41, 5.74) is 0.565. The van der Waals surface area contributed by atoms with E-state index in [4.69, 9.17) is 5.11 Å². The van der Waals surface area contributed by atoms with E-state index >= 15 is 0 Å². The molecular weight excluding hydrogens is 268 g/mol. The Morgan fingerprint density at radius 2 is 2.00 bits per heavy atom. The van der Waals surface area contributed by atoms with Crippen LogP contribution >= 0.6 is 11.8 Å². The lowest BCUT2D eigenvalue weighted by Gasteiger charge is -2.07. The Hall–Kier alpha value is -2.02. The molecule has 0 spiro atoms. The number of imide groups is 1. The lowest BCUT2D eigenvalue weighted by molar-refractivity contribution is -0.138. The third kappa shape index (κ3) is 5.91. The molecule has 0 atom stereocenters. The van der Waals surface area contributed by atoms with Crippen LogP contribution in [0.3, 0.4) is 0 Å². The second-order valence-corrected chi connectivity index (χ2v) is 4.51. The van der Waals surface area contributed by atoms with Crippen molar-refractivity contribution < 1.29 is 19.5 Å². The predicted molar refractivity (Wildman–Crippen MR) is 72.3 cm³/mol. The number of carbonyl (C=O) groups is 3. The van der Waals surface area contributed by atoms with Gasteiger partial charge < -0.3 is 10.4 Å². The van der Waals surface area contributed by atoms with Gasteiger partial charge in [-0.25, -0.2) is 4.79 Å². The van der Waals surface area contributed by atoms with Crippen molar-refractivity contribution in [3.63, 3.8) is 0 Å². The van der Waals surface area contributed by atoms with Crippen molar-refractivity contribution in [1.29, 1.82) is 0 Å². The molecule has 0 saturated carbocycles. The van der Waals surface area contributed by atoms with Gasteiger partial charge in [0.1, 0.15) is 0 Å². The number of benzene rings is 1. The average Bonchev–Trinajstić information content (AvgIpc) is 2.36. The normalized spacial score (nSPS) is 9.74. The van der Waals surface area contributed by atoms with Crippen molar-refractivity contribution in [2.45, 2.75) is 17.7 Å². The minimum Gasteiger partial charge on any atom is -0.481 e. The Bertz CT molecular complexity index is 490. The number of thioether (sulfide) groups is 1. The summed E-state index contributed by atoms with van der Waals surface area (Å²) in [6, 6.07) is 6.47. The van der Waals surface area contributed by atoms with Gasteiger partial charge >= 0.3 is 12.0 Å². The fraction of sp³-hybridized carbons (Fsp3) is 0.250. The number of carboxylic acids is 1. The first kappa shape index (κ1) is 15.0. The van der Waals surface area contributed by atoms with Crippen LogP contribution in [-0.4, -0.2) is 29.3 Å². The lowest BCUT2D eigenvalue weighted by Crippen LogP contribution is -2.34. The maximum absolute atomic E-state index is 11.5. The van der Waals surface area contributed by atoms with Crippen LogP contribution in [0.25, 0.3) is 0 Å². The molecule has 102 valence electrons. The van der Waals surface area contributed by atoms with Gasteiger partial charge in [-0.1, -0.05) is 6.07 Å². The number of hydrogen-bond acceptors (Lipinski definition) is 4. The summed E-state index contributed by atoms with van der Waals surface area (Å²) in [4.78, 5) is 34.0. The van der Waals surface area contributed by atoms with E-state index in [1.165, 1.54) is 11.8 Å². The van der Waals surface area contributed by atoms with Crippen LogP contribution in [0.5, 0.6) is 0 Å². The Morgan fingerprint density at radius 3 is 2.63 bits per heavy atom. The van der Waals surface area contributed by atoms with Gasteiger partial charge in [0.05, 0.1) is 6.42 Å². The quantitative estimate of drug-likeness (QED) is 0.717. The van der Waals surface area contributed by atoms with Gasteiger partial charge in [-0.05, 0) is 24.5 Å². The topological polar surface area (TPSA) is 95.5 Å². The van der Waals surface area contributed by atoms with Gasteiger partial charge in [-0.3, -0.25) is 14.9 Å². The summed E-state index contributed by atoms with van der Waals surface area (Å²) < 4.78 is 0. The zero-order chi connectivity index (χ0) is 14.3. The van der Waals surface area contributed by atoms with E-state index in [-0.39, 0.29) is 12.8 Å². The molecular formula is C12H14N2O4S. The first-order valence-corrected chi connectivity index (χ1v) is 6.70. The molecule has 0 radical (unpaired) electrons. The van der Waals surface area contributed by atoms with E-state index in [0.717, 1.165) is 4.90 Å². The minimum atomic E-state index is -1.08. The van der Waals surface area contributed by atoms with Gasteiger partial charge in [0.25, 0.3) is 0 Å². The lowest BCUT2D eigenvalue weighted by atomic mass is 10.3. The molecule has 0 bridgehead atoms. The fourth-order valence-corrected chi connectivity index (χ4v) is 1.73. The molecule has 0 saturated heterocycles. The van der Waals surface area contributed by atoms with Gasteiger partial charge in [0.15, 0.2) is 0 Å². The minimum absolute atomic E-state index is 0.229. The van der Waals surface area contributed by atoms with Crippen LogP contribution < -0.4 is 10.6 Å². The largest absolute Gasteiger partial charge is 0.481 e. The Morgan fingerprint density at radius 1 is 1.26 bits per heavy atom. The van der Waals surface area contributed by atoms with Crippen LogP contribution in [0.1, 0.15) is 12.8 Å². The van der Waals surface area contributed by atoms with E-state index in [1.54, 1.807) is 18.2 Å². The summed E-state index contributed by atoms with van der Waals surface area (Å²) in [6.07, 6.45) is 1.38. The summed E-state index contributed by atoms with van der Waals surface area (Å²) in [6.45, 7) is 0. The maximum Gasteiger partial charge on any atom is 0.325 e. The number of urea groups is 1. The SMILES string of the molecule is CSc1cccc(NC(=O)NC(=O)CCC(=O)O)c1. The first-order valence-electron chi connectivity index (χ1n) is 5.48. The molecule has 0 aromatic heterocycles. The second-order valence-electron chi connectivity index (χ2n) is 3.63. The molecule has 0 unspecified atom stereocenters. The van der Waals surface area contributed by atoms with Gasteiger partial charge in [0.2, 0.25) is 5.91 Å². The van der Waals surface area contributed by atoms with Crippen molar-refractivity contribution in [2.24, 2.45) is 0 Å². The number of hydrogen-bond donors (Lipinski definition) is 3. The number of amides is 3. The number of anilines is 1. The molecule has 7 heteroatoms. The van der Waals surface area contributed by atoms with Crippen molar-refractivity contribution in [2.75, 3.05) is 11.6 Å². The molecule has 3 amide bonds. The summed E-state index contributed by atoms with van der Waals surface area (Å²) in [7, 11) is 0. The smallest absolute Gasteiger partial charge is 0.325 e. The highest BCUT2D eigenvalue weighted by atomic mass is 32.2. The standard InChI is InChI=1S/C12H14N2O4S/c1-19-9-4-2-3-8(7-9)13-12(18)14-10(15)5-6-11(16)17/h2-4,7H,5-6H2,1H3,(H,16,17)(H2,13,14,15,18). The number of rotatable bonds is 5. The van der Waals surface area contributed by atoms with Crippen LogP contribution in [0.2, 0.25) is 0 Å². The van der Waals surface area contributed by atoms with Crippen molar-refractivity contribution in [3.8, 4) is 0 Å². The monoisotopic (exact) mass is 282 g/mol. The van der Waals surface area contributed by atoms with Crippen molar-refractivity contribution in [3.05, 3.63) is 24.3 Å². The van der Waals surface area contributed by atoms with E-state index in [0.29, 0.717) is 5.69 Å². The van der Waals surface area contributed by atoms with Crippen LogP contribution in [0.15, 0.2) is 29.2 Å². The molecule has 19 heavy (non-hydrogen) atoms. The van der Waals surface area contributed by atoms with Crippen LogP contribution in [0.4, 0.5) is 10.5 Å². The molecule has 0 aliphatic heterocycles. The molecule has 0 fully saturated rings. The zero-order valence-corrected chi connectivity index (χ0v) is 11.1. The number of carboxylic acid groups (broad SMARTS) is 1. The number of nitrogens with one attached hydrogen (secondary N) is 2. The Labute approximate surface area is 114 Å². The molecule has 1 aromatic carbocycles. The zero-order valence-electron chi connectivity index (χ0n) is 10.3. The second kappa shape index (κ2) is 7.42. The molecule has 0 heterocycles. The first-order chi connectivity index (χ1) is 9.01. The third-order valence-electron chi connectivity index (χ3n) is 2.15. The fourth-order valence-electron chi connectivity index (χ4n) is 1.27. The Balaban J connectivity index is 2.46. The highest BCUT2D eigenvalue weighted by Crippen LogP contribution is 2.18. The van der Waals surface area contributed by atoms with Crippen molar-refractivity contribution in [1.82, 2.24) is 5.32 Å².